The number of carbonyl (C=O) groups excluding carboxylic acids is 2. The van der Waals surface area contributed by atoms with E-state index in [1.54, 1.807) is 31.4 Å². The fraction of sp³-hybridized carbons (Fsp3) is 0.444. The number of aliphatic hydroxyl groups is 1. The molecule has 0 aromatic heterocycles. The van der Waals surface area contributed by atoms with E-state index >= 15 is 0 Å². The summed E-state index contributed by atoms with van der Waals surface area (Å²) < 4.78 is 15.1. The van der Waals surface area contributed by atoms with Crippen molar-refractivity contribution < 1.29 is 28.9 Å². The van der Waals surface area contributed by atoms with Crippen molar-refractivity contribution in [2.45, 2.75) is 20.8 Å². The largest absolute Gasteiger partial charge is 0.497 e. The molecule has 0 radical (unpaired) electrons. The van der Waals surface area contributed by atoms with Crippen LogP contribution in [-0.4, -0.2) is 44.0 Å². The Kier molecular flexibility index (Phi) is 7.45. The van der Waals surface area contributed by atoms with Gasteiger partial charge in [0.2, 0.25) is 0 Å². The molecule has 0 spiro atoms. The van der Waals surface area contributed by atoms with Crippen LogP contribution in [0.4, 0.5) is 0 Å². The van der Waals surface area contributed by atoms with E-state index < -0.39 is 11.9 Å². The first-order valence-corrected chi connectivity index (χ1v) is 7.57. The molecule has 6 nitrogen and oxygen atoms in total. The van der Waals surface area contributed by atoms with E-state index in [0.29, 0.717) is 11.3 Å². The van der Waals surface area contributed by atoms with Gasteiger partial charge in [0.1, 0.15) is 17.9 Å². The van der Waals surface area contributed by atoms with Crippen LogP contribution in [0, 0.1) is 5.41 Å². The lowest BCUT2D eigenvalue weighted by atomic mass is 9.99. The molecule has 0 aliphatic rings. The average Bonchev–Trinajstić information content (AvgIpc) is 2.55. The fourth-order valence-corrected chi connectivity index (χ4v) is 1.64. The van der Waals surface area contributed by atoms with Crippen LogP contribution in [0.15, 0.2) is 29.8 Å². The topological polar surface area (TPSA) is 82.1 Å². The first-order chi connectivity index (χ1) is 11.3. The monoisotopic (exact) mass is 336 g/mol. The minimum absolute atomic E-state index is 0.166. The van der Waals surface area contributed by atoms with Gasteiger partial charge in [-0.25, -0.2) is 9.59 Å². The van der Waals surface area contributed by atoms with Gasteiger partial charge < -0.3 is 19.3 Å². The summed E-state index contributed by atoms with van der Waals surface area (Å²) in [5, 5.41) is 8.77. The van der Waals surface area contributed by atoms with E-state index in [1.165, 1.54) is 6.08 Å². The van der Waals surface area contributed by atoms with Crippen LogP contribution in [-0.2, 0) is 19.1 Å². The third-order valence-electron chi connectivity index (χ3n) is 2.83. The Labute approximate surface area is 142 Å². The Morgan fingerprint density at radius 1 is 1.08 bits per heavy atom. The highest BCUT2D eigenvalue weighted by Gasteiger charge is 2.23. The van der Waals surface area contributed by atoms with Gasteiger partial charge >= 0.3 is 11.9 Å². The normalized spacial score (nSPS) is 11.8. The van der Waals surface area contributed by atoms with E-state index in [0.717, 1.165) is 0 Å². The van der Waals surface area contributed by atoms with Gasteiger partial charge in [0.05, 0.1) is 20.3 Å². The Hall–Kier alpha value is -2.34. The fourth-order valence-electron chi connectivity index (χ4n) is 1.64. The van der Waals surface area contributed by atoms with Gasteiger partial charge in [0.15, 0.2) is 0 Å². The maximum Gasteiger partial charge on any atom is 0.345 e. The molecule has 0 atom stereocenters. The van der Waals surface area contributed by atoms with Crippen LogP contribution < -0.4 is 4.74 Å². The zero-order valence-electron chi connectivity index (χ0n) is 14.5. The molecule has 0 bridgehead atoms. The molecule has 0 aliphatic heterocycles. The van der Waals surface area contributed by atoms with Crippen LogP contribution in [0.3, 0.4) is 0 Å². The minimum Gasteiger partial charge on any atom is -0.497 e. The van der Waals surface area contributed by atoms with Gasteiger partial charge in [-0.3, -0.25) is 0 Å². The zero-order valence-corrected chi connectivity index (χ0v) is 14.5. The first-order valence-electron chi connectivity index (χ1n) is 7.57. The van der Waals surface area contributed by atoms with Crippen LogP contribution >= 0.6 is 0 Å². The molecule has 1 aromatic rings. The maximum atomic E-state index is 12.2. The number of methoxy groups -OCH3 is 1. The number of aliphatic hydroxyl groups excluding tert-OH is 1. The van der Waals surface area contributed by atoms with Crippen LogP contribution in [0.5, 0.6) is 5.75 Å². The summed E-state index contributed by atoms with van der Waals surface area (Å²) in [7, 11) is 1.55. The highest BCUT2D eigenvalue weighted by molar-refractivity contribution is 6.17. The third-order valence-corrected chi connectivity index (χ3v) is 2.83. The number of benzene rings is 1. The molecular weight excluding hydrogens is 312 g/mol. The summed E-state index contributed by atoms with van der Waals surface area (Å²) in [6.45, 7) is 5.40. The Morgan fingerprint density at radius 2 is 1.67 bits per heavy atom. The summed E-state index contributed by atoms with van der Waals surface area (Å²) in [6, 6.07) is 6.83. The number of esters is 2. The highest BCUT2D eigenvalue weighted by Crippen LogP contribution is 2.17. The Balaban J connectivity index is 3.00. The van der Waals surface area contributed by atoms with E-state index in [4.69, 9.17) is 19.3 Å². The number of hydrogen-bond donors (Lipinski definition) is 1. The van der Waals surface area contributed by atoms with Gasteiger partial charge in [0, 0.05) is 0 Å². The minimum atomic E-state index is -0.834. The molecule has 1 rings (SSSR count). The lowest BCUT2D eigenvalue weighted by Gasteiger charge is -2.18. The second-order valence-electron chi connectivity index (χ2n) is 6.33. The predicted octanol–water partition coefficient (Wildman–Crippen LogP) is 2.20. The number of rotatable bonds is 7. The highest BCUT2D eigenvalue weighted by atomic mass is 16.6. The van der Waals surface area contributed by atoms with Crippen molar-refractivity contribution in [1.29, 1.82) is 0 Å². The Bertz CT molecular complexity index is 581. The van der Waals surface area contributed by atoms with Crippen molar-refractivity contribution in [3.8, 4) is 5.75 Å². The van der Waals surface area contributed by atoms with Crippen LogP contribution in [0.25, 0.3) is 6.08 Å². The van der Waals surface area contributed by atoms with E-state index in [1.807, 2.05) is 20.8 Å². The standard InChI is InChI=1S/C18H24O6/c1-18(2,3)12-24-17(21)15(16(20)23-10-9-19)11-13-5-7-14(22-4)8-6-13/h5-8,11,19H,9-10,12H2,1-4H3. The average molecular weight is 336 g/mol. The molecule has 132 valence electrons. The third kappa shape index (κ3) is 6.83. The van der Waals surface area contributed by atoms with Gasteiger partial charge in [0.25, 0.3) is 0 Å². The molecule has 0 saturated heterocycles. The van der Waals surface area contributed by atoms with Crippen molar-refractivity contribution in [2.24, 2.45) is 5.41 Å². The summed E-state index contributed by atoms with van der Waals surface area (Å²) >= 11 is 0. The van der Waals surface area contributed by atoms with Crippen molar-refractivity contribution in [3.05, 3.63) is 35.4 Å². The summed E-state index contributed by atoms with van der Waals surface area (Å²) in [6.07, 6.45) is 1.39. The van der Waals surface area contributed by atoms with Crippen LogP contribution in [0.1, 0.15) is 26.3 Å². The lowest BCUT2D eigenvalue weighted by molar-refractivity contribution is -0.149. The molecule has 0 aliphatic carbocycles. The molecule has 1 N–H and O–H groups in total. The SMILES string of the molecule is COc1ccc(C=C(C(=O)OCCO)C(=O)OCC(C)(C)C)cc1. The molecule has 0 saturated carbocycles. The van der Waals surface area contributed by atoms with Crippen molar-refractivity contribution >= 4 is 18.0 Å². The summed E-state index contributed by atoms with van der Waals surface area (Å²) in [5.41, 5.74) is 0.174. The molecule has 0 fully saturated rings. The zero-order chi connectivity index (χ0) is 18.2. The number of hydrogen-bond acceptors (Lipinski definition) is 6. The van der Waals surface area contributed by atoms with Crippen molar-refractivity contribution in [2.75, 3.05) is 26.9 Å². The first kappa shape index (κ1) is 19.7. The smallest absolute Gasteiger partial charge is 0.345 e. The predicted molar refractivity (Wildman–Crippen MR) is 89.4 cm³/mol. The quantitative estimate of drug-likeness (QED) is 0.356. The molecule has 0 unspecified atom stereocenters. The van der Waals surface area contributed by atoms with E-state index in [2.05, 4.69) is 0 Å². The van der Waals surface area contributed by atoms with Gasteiger partial charge in [-0.05, 0) is 29.2 Å². The van der Waals surface area contributed by atoms with Gasteiger partial charge in [-0.2, -0.15) is 0 Å². The molecular formula is C18H24O6. The maximum absolute atomic E-state index is 12.2. The molecule has 0 amide bonds. The molecule has 6 heteroatoms. The number of carbonyl (C=O) groups is 2. The second kappa shape index (κ2) is 9.08. The van der Waals surface area contributed by atoms with Crippen molar-refractivity contribution in [3.63, 3.8) is 0 Å². The Morgan fingerprint density at radius 3 is 2.17 bits per heavy atom. The molecule has 0 heterocycles. The van der Waals surface area contributed by atoms with E-state index in [9.17, 15) is 9.59 Å². The van der Waals surface area contributed by atoms with Gasteiger partial charge in [-0.1, -0.05) is 32.9 Å². The van der Waals surface area contributed by atoms with Crippen LogP contribution in [0.2, 0.25) is 0 Å². The van der Waals surface area contributed by atoms with E-state index in [-0.39, 0.29) is 30.8 Å². The van der Waals surface area contributed by atoms with Crippen molar-refractivity contribution in [1.82, 2.24) is 0 Å². The van der Waals surface area contributed by atoms with Gasteiger partial charge in [-0.15, -0.1) is 0 Å². The summed E-state index contributed by atoms with van der Waals surface area (Å²) in [4.78, 5) is 24.3. The summed E-state index contributed by atoms with van der Waals surface area (Å²) in [5.74, 6) is -0.936. The number of ether oxygens (including phenoxy) is 3. The second-order valence-corrected chi connectivity index (χ2v) is 6.33. The molecule has 1 aromatic carbocycles. The lowest BCUT2D eigenvalue weighted by Crippen LogP contribution is -2.23. The molecule has 24 heavy (non-hydrogen) atoms.